The smallest absolute Gasteiger partial charge is 0.225 e. The number of piperidine rings is 1. The number of nitrogens with two attached hydrogens (primary N) is 1. The summed E-state index contributed by atoms with van der Waals surface area (Å²) in [5.74, 6) is 0.707. The highest BCUT2D eigenvalue weighted by atomic mass is 35.5. The predicted molar refractivity (Wildman–Crippen MR) is 148 cm³/mol. The number of hydrogen-bond donors (Lipinski definition) is 3. The number of benzene rings is 2. The Morgan fingerprint density at radius 3 is 2.68 bits per heavy atom. The standard InChI is InChI=1S/C30H41ClN2O5/c1-20-9-7-12-24(31)28(20)38-27-13-4-3-11-23(27)30(36,14-5-6-16-37-2)22-10-8-15-33(19-22)29(35)21-17-25(32)26(34)18-21/h3-4,7,9,11-13,21-22,25-26,34,36H,5-6,8,10,14-19,32H2,1-2H3. The number of ether oxygens (including phenoxy) is 2. The molecule has 5 atom stereocenters. The number of carbonyl (C=O) groups excluding carboxylic acids is 1. The predicted octanol–water partition coefficient (Wildman–Crippen LogP) is 4.78. The van der Waals surface area contributed by atoms with E-state index in [1.807, 2.05) is 48.2 Å². The summed E-state index contributed by atoms with van der Waals surface area (Å²) in [5.41, 5.74) is 6.38. The van der Waals surface area contributed by atoms with Crippen LogP contribution in [0.25, 0.3) is 0 Å². The monoisotopic (exact) mass is 544 g/mol. The first-order chi connectivity index (χ1) is 18.2. The molecule has 2 fully saturated rings. The van der Waals surface area contributed by atoms with Gasteiger partial charge in [-0.15, -0.1) is 0 Å². The Balaban J connectivity index is 1.63. The quantitative estimate of drug-likeness (QED) is 0.372. The summed E-state index contributed by atoms with van der Waals surface area (Å²) in [7, 11) is 1.68. The Kier molecular flexibility index (Phi) is 9.71. The minimum Gasteiger partial charge on any atom is -0.455 e. The van der Waals surface area contributed by atoms with E-state index >= 15 is 0 Å². The number of aliphatic hydroxyl groups excluding tert-OH is 1. The second kappa shape index (κ2) is 12.8. The molecular formula is C30H41ClN2O5. The second-order valence-electron chi connectivity index (χ2n) is 10.9. The fraction of sp³-hybridized carbons (Fsp3) is 0.567. The highest BCUT2D eigenvalue weighted by Crippen LogP contribution is 2.45. The Hall–Kier alpha value is -2.16. The van der Waals surface area contributed by atoms with Crippen molar-refractivity contribution in [2.45, 2.75) is 69.6 Å². The molecule has 1 saturated heterocycles. The van der Waals surface area contributed by atoms with E-state index < -0.39 is 11.7 Å². The van der Waals surface area contributed by atoms with Gasteiger partial charge in [-0.05, 0) is 69.6 Å². The summed E-state index contributed by atoms with van der Waals surface area (Å²) in [6.45, 7) is 3.65. The SMILES string of the molecule is COCCCCC(O)(c1ccccc1Oc1c(C)cccc1Cl)C1CCCN(C(=O)C2CC(N)C(O)C2)C1. The number of aliphatic hydroxyl groups is 2. The summed E-state index contributed by atoms with van der Waals surface area (Å²) < 4.78 is 11.6. The molecule has 2 aromatic rings. The number of amides is 1. The van der Waals surface area contributed by atoms with Crippen LogP contribution in [0.1, 0.15) is 56.1 Å². The number of carbonyl (C=O) groups is 1. The number of para-hydroxylation sites is 2. The zero-order chi connectivity index (χ0) is 27.3. The van der Waals surface area contributed by atoms with Crippen LogP contribution >= 0.6 is 11.6 Å². The van der Waals surface area contributed by atoms with Crippen molar-refractivity contribution < 1.29 is 24.5 Å². The molecular weight excluding hydrogens is 504 g/mol. The lowest BCUT2D eigenvalue weighted by Crippen LogP contribution is -2.49. The summed E-state index contributed by atoms with van der Waals surface area (Å²) in [5, 5.41) is 23.1. The third-order valence-corrected chi connectivity index (χ3v) is 8.52. The van der Waals surface area contributed by atoms with Crippen LogP contribution < -0.4 is 10.5 Å². The molecule has 1 saturated carbocycles. The average Bonchev–Trinajstić information content (AvgIpc) is 3.26. The lowest BCUT2D eigenvalue weighted by atomic mass is 9.73. The van der Waals surface area contributed by atoms with Crippen molar-refractivity contribution in [2.24, 2.45) is 17.6 Å². The van der Waals surface area contributed by atoms with Crippen LogP contribution in [0.3, 0.4) is 0 Å². The van der Waals surface area contributed by atoms with E-state index in [9.17, 15) is 15.0 Å². The molecule has 7 nitrogen and oxygen atoms in total. The number of halogens is 1. The second-order valence-corrected chi connectivity index (χ2v) is 11.3. The van der Waals surface area contributed by atoms with Crippen LogP contribution in [-0.2, 0) is 15.1 Å². The molecule has 1 heterocycles. The topological polar surface area (TPSA) is 105 Å². The molecule has 1 aliphatic heterocycles. The Bertz CT molecular complexity index is 1070. The fourth-order valence-corrected chi connectivity index (χ4v) is 6.30. The van der Waals surface area contributed by atoms with Gasteiger partial charge in [0.1, 0.15) is 11.5 Å². The first kappa shape index (κ1) is 28.8. The van der Waals surface area contributed by atoms with Gasteiger partial charge >= 0.3 is 0 Å². The number of nitrogens with zero attached hydrogens (tertiary/aromatic N) is 1. The van der Waals surface area contributed by atoms with E-state index in [4.69, 9.17) is 26.8 Å². The first-order valence-electron chi connectivity index (χ1n) is 13.7. The van der Waals surface area contributed by atoms with Crippen molar-refractivity contribution in [3.05, 3.63) is 58.6 Å². The Morgan fingerprint density at radius 1 is 1.18 bits per heavy atom. The molecule has 5 unspecified atom stereocenters. The van der Waals surface area contributed by atoms with Crippen LogP contribution in [0.2, 0.25) is 5.02 Å². The molecule has 2 aromatic carbocycles. The molecule has 38 heavy (non-hydrogen) atoms. The zero-order valence-electron chi connectivity index (χ0n) is 22.4. The molecule has 4 rings (SSSR count). The Morgan fingerprint density at radius 2 is 1.97 bits per heavy atom. The van der Waals surface area contributed by atoms with Gasteiger partial charge in [0.05, 0.1) is 16.7 Å². The molecule has 1 amide bonds. The van der Waals surface area contributed by atoms with Crippen LogP contribution in [-0.4, -0.2) is 60.0 Å². The summed E-state index contributed by atoms with van der Waals surface area (Å²) in [6, 6.07) is 12.8. The minimum atomic E-state index is -1.22. The van der Waals surface area contributed by atoms with Crippen molar-refractivity contribution in [3.8, 4) is 11.5 Å². The third kappa shape index (κ3) is 6.35. The summed E-state index contributed by atoms with van der Waals surface area (Å²) in [4.78, 5) is 15.3. The van der Waals surface area contributed by atoms with Crippen LogP contribution in [0, 0.1) is 18.8 Å². The van der Waals surface area contributed by atoms with Crippen molar-refractivity contribution in [1.29, 1.82) is 0 Å². The van der Waals surface area contributed by atoms with Gasteiger partial charge in [-0.2, -0.15) is 0 Å². The molecule has 2 aliphatic rings. The van der Waals surface area contributed by atoms with E-state index in [1.165, 1.54) is 0 Å². The molecule has 0 spiro atoms. The summed E-state index contributed by atoms with van der Waals surface area (Å²) in [6.07, 6.45) is 3.93. The lowest BCUT2D eigenvalue weighted by molar-refractivity contribution is -0.141. The Labute approximate surface area is 230 Å². The number of hydrogen-bond acceptors (Lipinski definition) is 6. The molecule has 4 N–H and O–H groups in total. The minimum absolute atomic E-state index is 0.0275. The molecule has 0 bridgehead atoms. The average molecular weight is 545 g/mol. The van der Waals surface area contributed by atoms with Crippen LogP contribution in [0.5, 0.6) is 11.5 Å². The summed E-state index contributed by atoms with van der Waals surface area (Å²) >= 11 is 6.48. The van der Waals surface area contributed by atoms with E-state index in [0.717, 1.165) is 31.2 Å². The maximum atomic E-state index is 13.4. The number of methoxy groups -OCH3 is 1. The van der Waals surface area contributed by atoms with E-state index in [0.29, 0.717) is 61.0 Å². The number of likely N-dealkylation sites (tertiary alicyclic amines) is 1. The van der Waals surface area contributed by atoms with E-state index in [2.05, 4.69) is 0 Å². The van der Waals surface area contributed by atoms with Crippen molar-refractivity contribution >= 4 is 17.5 Å². The van der Waals surface area contributed by atoms with Crippen LogP contribution in [0.15, 0.2) is 42.5 Å². The molecule has 0 aromatic heterocycles. The molecule has 0 radical (unpaired) electrons. The normalized spacial score (nSPS) is 25.3. The zero-order valence-corrected chi connectivity index (χ0v) is 23.2. The van der Waals surface area contributed by atoms with Gasteiger partial charge in [0.25, 0.3) is 0 Å². The highest BCUT2D eigenvalue weighted by Gasteiger charge is 2.44. The largest absolute Gasteiger partial charge is 0.455 e. The lowest BCUT2D eigenvalue weighted by Gasteiger charge is -2.44. The first-order valence-corrected chi connectivity index (χ1v) is 14.1. The van der Waals surface area contributed by atoms with Crippen molar-refractivity contribution in [2.75, 3.05) is 26.8 Å². The maximum Gasteiger partial charge on any atom is 0.225 e. The van der Waals surface area contributed by atoms with Gasteiger partial charge in [-0.1, -0.05) is 41.9 Å². The number of rotatable bonds is 10. The number of unbranched alkanes of at least 4 members (excludes halogenated alkanes) is 1. The van der Waals surface area contributed by atoms with Gasteiger partial charge in [0, 0.05) is 50.2 Å². The van der Waals surface area contributed by atoms with Gasteiger partial charge in [0.2, 0.25) is 5.91 Å². The van der Waals surface area contributed by atoms with E-state index in [-0.39, 0.29) is 23.8 Å². The van der Waals surface area contributed by atoms with Crippen molar-refractivity contribution in [3.63, 3.8) is 0 Å². The number of aryl methyl sites for hydroxylation is 1. The van der Waals surface area contributed by atoms with Gasteiger partial charge in [-0.3, -0.25) is 4.79 Å². The maximum absolute atomic E-state index is 13.4. The highest BCUT2D eigenvalue weighted by molar-refractivity contribution is 6.32. The van der Waals surface area contributed by atoms with Gasteiger partial charge in [-0.25, -0.2) is 0 Å². The van der Waals surface area contributed by atoms with Gasteiger partial charge in [0.15, 0.2) is 0 Å². The van der Waals surface area contributed by atoms with Crippen molar-refractivity contribution in [1.82, 2.24) is 4.90 Å². The van der Waals surface area contributed by atoms with Gasteiger partial charge < -0.3 is 30.3 Å². The molecule has 1 aliphatic carbocycles. The third-order valence-electron chi connectivity index (χ3n) is 8.22. The molecule has 208 valence electrons. The van der Waals surface area contributed by atoms with E-state index in [1.54, 1.807) is 13.2 Å². The fourth-order valence-electron chi connectivity index (χ4n) is 6.04. The molecule has 8 heteroatoms. The van der Waals surface area contributed by atoms with Crippen LogP contribution in [0.4, 0.5) is 0 Å².